The Kier molecular flexibility index (Phi) is 7.13. The van der Waals surface area contributed by atoms with Crippen LogP contribution in [0.4, 0.5) is 13.6 Å². The number of hydrogen-bond donors (Lipinski definition) is 2. The topological polar surface area (TPSA) is 105 Å². The van der Waals surface area contributed by atoms with E-state index in [1.807, 2.05) is 0 Å². The summed E-state index contributed by atoms with van der Waals surface area (Å²) in [7, 11) is 0. The lowest BCUT2D eigenvalue weighted by Gasteiger charge is -2.27. The molecule has 1 heterocycles. The van der Waals surface area contributed by atoms with Gasteiger partial charge >= 0.3 is 17.8 Å². The number of nitrogens with zero attached hydrogens (tertiary/aromatic N) is 3. The average molecular weight is 411 g/mol. The van der Waals surface area contributed by atoms with Gasteiger partial charge in [0.05, 0.1) is 6.54 Å². The fourth-order valence-electron chi connectivity index (χ4n) is 2.99. The molecule has 8 nitrogen and oxygen atoms in total. The predicted octanol–water partition coefficient (Wildman–Crippen LogP) is 2.46. The average Bonchev–Trinajstić information content (AvgIpc) is 2.96. The van der Waals surface area contributed by atoms with Crippen molar-refractivity contribution in [3.05, 3.63) is 58.3 Å². The third-order valence-corrected chi connectivity index (χ3v) is 4.44. The van der Waals surface area contributed by atoms with E-state index in [0.717, 1.165) is 17.0 Å². The van der Waals surface area contributed by atoms with Gasteiger partial charge in [0.1, 0.15) is 6.04 Å². The normalized spacial score (nSPS) is 12.2. The molecule has 1 unspecified atom stereocenters. The van der Waals surface area contributed by atoms with Crippen LogP contribution in [0.5, 0.6) is 0 Å². The first-order chi connectivity index (χ1) is 13.6. The molecule has 0 fully saturated rings. The van der Waals surface area contributed by atoms with Gasteiger partial charge in [-0.15, -0.1) is 0 Å². The van der Waals surface area contributed by atoms with Gasteiger partial charge in [0.2, 0.25) is 0 Å². The zero-order chi connectivity index (χ0) is 21.7. The molecule has 1 aromatic carbocycles. The Morgan fingerprint density at radius 2 is 1.76 bits per heavy atom. The number of amides is 1. The number of hydrogen-bond acceptors (Lipinski definition) is 3. The van der Waals surface area contributed by atoms with Crippen LogP contribution in [-0.4, -0.2) is 48.9 Å². The highest BCUT2D eigenvalue weighted by atomic mass is 19.2. The summed E-state index contributed by atoms with van der Waals surface area (Å²) in [4.78, 5) is 36.3. The van der Waals surface area contributed by atoms with Crippen molar-refractivity contribution in [1.82, 2.24) is 14.0 Å². The van der Waals surface area contributed by atoms with Crippen LogP contribution in [0.15, 0.2) is 35.4 Å². The Balaban J connectivity index is 2.13. The van der Waals surface area contributed by atoms with Crippen LogP contribution in [0.25, 0.3) is 0 Å². The number of imidazole rings is 1. The molecule has 0 saturated carbocycles. The van der Waals surface area contributed by atoms with Crippen LogP contribution in [0.2, 0.25) is 0 Å². The van der Waals surface area contributed by atoms with E-state index in [9.17, 15) is 33.4 Å². The van der Waals surface area contributed by atoms with Crippen LogP contribution < -0.4 is 5.69 Å². The maximum atomic E-state index is 13.3. The number of benzene rings is 1. The number of halogens is 2. The molecule has 2 rings (SSSR count). The maximum absolute atomic E-state index is 13.3. The summed E-state index contributed by atoms with van der Waals surface area (Å²) in [6.45, 7) is 3.36. The molecule has 0 spiro atoms. The van der Waals surface area contributed by atoms with Gasteiger partial charge in [0.25, 0.3) is 0 Å². The second kappa shape index (κ2) is 9.35. The molecule has 2 aromatic rings. The van der Waals surface area contributed by atoms with Gasteiger partial charge in [-0.2, -0.15) is 0 Å². The van der Waals surface area contributed by atoms with Crippen LogP contribution in [0.3, 0.4) is 0 Å². The number of aromatic nitrogens is 2. The Bertz CT molecular complexity index is 938. The van der Waals surface area contributed by atoms with E-state index in [0.29, 0.717) is 5.56 Å². The van der Waals surface area contributed by atoms with Crippen molar-refractivity contribution in [3.63, 3.8) is 0 Å². The van der Waals surface area contributed by atoms with Crippen molar-refractivity contribution in [2.75, 3.05) is 6.54 Å². The SMILES string of the molecule is CC(C)CC(C(=O)O)N(CCn1ccn(Cc2ccc(F)c(F)c2)c1=O)C(=O)O. The molecule has 10 heteroatoms. The lowest BCUT2D eigenvalue weighted by molar-refractivity contribution is -0.143. The molecule has 0 bridgehead atoms. The van der Waals surface area contributed by atoms with Gasteiger partial charge in [-0.3, -0.25) is 14.0 Å². The molecule has 29 heavy (non-hydrogen) atoms. The van der Waals surface area contributed by atoms with Crippen molar-refractivity contribution < 1.29 is 28.6 Å². The van der Waals surface area contributed by atoms with Gasteiger partial charge in [-0.25, -0.2) is 23.2 Å². The Hall–Kier alpha value is -3.17. The smallest absolute Gasteiger partial charge is 0.408 e. The fourth-order valence-corrected chi connectivity index (χ4v) is 2.99. The Morgan fingerprint density at radius 1 is 1.10 bits per heavy atom. The Morgan fingerprint density at radius 3 is 2.31 bits per heavy atom. The molecule has 0 aliphatic carbocycles. The van der Waals surface area contributed by atoms with Crippen molar-refractivity contribution in [2.45, 2.75) is 39.4 Å². The summed E-state index contributed by atoms with van der Waals surface area (Å²) in [5.74, 6) is -3.28. The van der Waals surface area contributed by atoms with Crippen molar-refractivity contribution in [1.29, 1.82) is 0 Å². The first-order valence-electron chi connectivity index (χ1n) is 9.02. The molecule has 0 saturated heterocycles. The van der Waals surface area contributed by atoms with Crippen LogP contribution >= 0.6 is 0 Å². The first kappa shape index (κ1) is 22.1. The summed E-state index contributed by atoms with van der Waals surface area (Å²) >= 11 is 0. The van der Waals surface area contributed by atoms with Crippen molar-refractivity contribution in [2.24, 2.45) is 5.92 Å². The van der Waals surface area contributed by atoms with Crippen molar-refractivity contribution in [3.8, 4) is 0 Å². The fraction of sp³-hybridized carbons (Fsp3) is 0.421. The van der Waals surface area contributed by atoms with E-state index in [-0.39, 0.29) is 32.0 Å². The largest absolute Gasteiger partial charge is 0.480 e. The second-order valence-corrected chi connectivity index (χ2v) is 7.11. The third kappa shape index (κ3) is 5.66. The van der Waals surface area contributed by atoms with Gasteiger partial charge in [-0.05, 0) is 30.0 Å². The quantitative estimate of drug-likeness (QED) is 0.660. The van der Waals surface area contributed by atoms with E-state index in [1.54, 1.807) is 13.8 Å². The third-order valence-electron chi connectivity index (χ3n) is 4.44. The maximum Gasteiger partial charge on any atom is 0.408 e. The number of carboxylic acid groups (broad SMARTS) is 2. The summed E-state index contributed by atoms with van der Waals surface area (Å²) in [5.41, 5.74) is -0.0883. The molecule has 0 radical (unpaired) electrons. The number of aliphatic carboxylic acids is 1. The summed E-state index contributed by atoms with van der Waals surface area (Å²) in [5, 5.41) is 18.8. The molecular formula is C19H23F2N3O5. The predicted molar refractivity (Wildman–Crippen MR) is 99.8 cm³/mol. The summed E-state index contributed by atoms with van der Waals surface area (Å²) in [6.07, 6.45) is 1.64. The van der Waals surface area contributed by atoms with E-state index >= 15 is 0 Å². The molecule has 1 amide bonds. The van der Waals surface area contributed by atoms with Crippen LogP contribution in [0, 0.1) is 17.6 Å². The zero-order valence-electron chi connectivity index (χ0n) is 16.1. The minimum absolute atomic E-state index is 0.0107. The summed E-state index contributed by atoms with van der Waals surface area (Å²) < 4.78 is 28.9. The molecule has 2 N–H and O–H groups in total. The van der Waals surface area contributed by atoms with Crippen LogP contribution in [0.1, 0.15) is 25.8 Å². The number of carbonyl (C=O) groups is 2. The highest BCUT2D eigenvalue weighted by Crippen LogP contribution is 2.13. The molecule has 1 aromatic heterocycles. The first-order valence-corrected chi connectivity index (χ1v) is 9.02. The van der Waals surface area contributed by atoms with E-state index in [2.05, 4.69) is 0 Å². The van der Waals surface area contributed by atoms with Gasteiger partial charge in [0.15, 0.2) is 11.6 Å². The van der Waals surface area contributed by atoms with Crippen LogP contribution in [-0.2, 0) is 17.9 Å². The minimum Gasteiger partial charge on any atom is -0.480 e. The number of rotatable bonds is 9. The standard InChI is InChI=1S/C19H23F2N3O5/c1-12(2)9-16(17(25)26)24(19(28)29)8-7-22-5-6-23(18(22)27)11-13-3-4-14(20)15(21)10-13/h3-6,10,12,16H,7-9,11H2,1-2H3,(H,25,26)(H,28,29). The lowest BCUT2D eigenvalue weighted by Crippen LogP contribution is -2.47. The lowest BCUT2D eigenvalue weighted by atomic mass is 10.0. The molecular weight excluding hydrogens is 388 g/mol. The minimum atomic E-state index is -1.38. The zero-order valence-corrected chi connectivity index (χ0v) is 16.1. The highest BCUT2D eigenvalue weighted by molar-refractivity contribution is 5.79. The monoisotopic (exact) mass is 411 g/mol. The van der Waals surface area contributed by atoms with Gasteiger partial charge in [0, 0.05) is 25.5 Å². The molecule has 1 atom stereocenters. The number of carboxylic acids is 1. The molecule has 0 aliphatic heterocycles. The molecule has 0 aliphatic rings. The highest BCUT2D eigenvalue weighted by Gasteiger charge is 2.30. The van der Waals surface area contributed by atoms with E-state index < -0.39 is 35.4 Å². The Labute approximate surface area is 165 Å². The molecule has 158 valence electrons. The van der Waals surface area contributed by atoms with E-state index in [1.165, 1.54) is 27.6 Å². The van der Waals surface area contributed by atoms with Gasteiger partial charge < -0.3 is 10.2 Å². The van der Waals surface area contributed by atoms with Crippen molar-refractivity contribution >= 4 is 12.1 Å². The summed E-state index contributed by atoms with van der Waals surface area (Å²) in [6, 6.07) is 2.11. The second-order valence-electron chi connectivity index (χ2n) is 7.11. The van der Waals surface area contributed by atoms with E-state index in [4.69, 9.17) is 0 Å². The van der Waals surface area contributed by atoms with Gasteiger partial charge in [-0.1, -0.05) is 19.9 Å².